The van der Waals surface area contributed by atoms with Crippen molar-refractivity contribution in [3.63, 3.8) is 0 Å². The predicted molar refractivity (Wildman–Crippen MR) is 122 cm³/mol. The van der Waals surface area contributed by atoms with Gasteiger partial charge in [-0.15, -0.1) is 11.3 Å². The van der Waals surface area contributed by atoms with Crippen LogP contribution >= 0.6 is 11.3 Å². The third-order valence-electron chi connectivity index (χ3n) is 5.14. The smallest absolute Gasteiger partial charge is 0.340 e. The fourth-order valence-electron chi connectivity index (χ4n) is 3.73. The van der Waals surface area contributed by atoms with Crippen LogP contribution in [0.25, 0.3) is 10.9 Å². The number of hydrogen-bond acceptors (Lipinski definition) is 5. The summed E-state index contributed by atoms with van der Waals surface area (Å²) in [6.07, 6.45) is 0. The van der Waals surface area contributed by atoms with Gasteiger partial charge in [0.05, 0.1) is 29.4 Å². The Hall–Kier alpha value is -3.02. The number of rotatable bonds is 7. The highest BCUT2D eigenvalue weighted by molar-refractivity contribution is 7.10. The molecule has 4 rings (SSSR count). The molecule has 4 aromatic rings. The molecule has 0 aliphatic heterocycles. The number of pyridine rings is 1. The van der Waals surface area contributed by atoms with Crippen molar-refractivity contribution in [2.24, 2.45) is 0 Å². The minimum atomic E-state index is -0.322. The summed E-state index contributed by atoms with van der Waals surface area (Å²) < 4.78 is 5.36. The number of carbonyl (C=O) groups excluding carboxylic acids is 1. The number of fused-ring (bicyclic) bond motifs is 1. The number of esters is 1. The molecular formula is C25H24N2O2S. The van der Waals surface area contributed by atoms with E-state index in [2.05, 4.69) is 35.0 Å². The summed E-state index contributed by atoms with van der Waals surface area (Å²) in [6.45, 7) is 4.58. The van der Waals surface area contributed by atoms with Gasteiger partial charge in [0, 0.05) is 16.8 Å². The van der Waals surface area contributed by atoms with Crippen molar-refractivity contribution in [2.45, 2.75) is 26.4 Å². The third kappa shape index (κ3) is 4.13. The predicted octanol–water partition coefficient (Wildman–Crippen LogP) is 5.66. The van der Waals surface area contributed by atoms with E-state index in [1.807, 2.05) is 56.3 Å². The van der Waals surface area contributed by atoms with Crippen molar-refractivity contribution >= 4 is 28.2 Å². The second-order valence-corrected chi connectivity index (χ2v) is 8.02. The number of nitrogens with one attached hydrogen (secondary N) is 1. The van der Waals surface area contributed by atoms with Crippen molar-refractivity contribution in [1.29, 1.82) is 0 Å². The molecule has 152 valence electrons. The molecule has 0 saturated carbocycles. The van der Waals surface area contributed by atoms with Crippen LogP contribution in [-0.4, -0.2) is 17.6 Å². The van der Waals surface area contributed by atoms with E-state index in [1.54, 1.807) is 11.3 Å². The van der Waals surface area contributed by atoms with Gasteiger partial charge >= 0.3 is 5.97 Å². The first-order valence-corrected chi connectivity index (χ1v) is 10.9. The van der Waals surface area contributed by atoms with E-state index in [1.165, 1.54) is 10.4 Å². The topological polar surface area (TPSA) is 51.2 Å². The summed E-state index contributed by atoms with van der Waals surface area (Å²) >= 11 is 1.71. The standard InChI is InChI=1S/C25H24N2O2S/c1-3-29-25(28)23-17(2)19-12-7-8-13-20(19)27-21(23)16-26-24(22-14-9-15-30-22)18-10-5-4-6-11-18/h4-15,24,26H,3,16H2,1-2H3/t24-/m1/s1. The zero-order valence-corrected chi connectivity index (χ0v) is 17.9. The van der Waals surface area contributed by atoms with E-state index in [4.69, 9.17) is 9.72 Å². The number of thiophene rings is 1. The van der Waals surface area contributed by atoms with Crippen molar-refractivity contribution in [3.8, 4) is 0 Å². The van der Waals surface area contributed by atoms with Crippen LogP contribution < -0.4 is 5.32 Å². The highest BCUT2D eigenvalue weighted by Crippen LogP contribution is 2.28. The zero-order valence-electron chi connectivity index (χ0n) is 17.1. The van der Waals surface area contributed by atoms with Crippen LogP contribution in [0.5, 0.6) is 0 Å². The molecule has 0 saturated heterocycles. The SMILES string of the molecule is CCOC(=O)c1c(CN[C@H](c2ccccc2)c2cccs2)nc2ccccc2c1C. The van der Waals surface area contributed by atoms with Crippen molar-refractivity contribution < 1.29 is 9.53 Å². The summed E-state index contributed by atoms with van der Waals surface area (Å²) in [5.41, 5.74) is 4.23. The number of ether oxygens (including phenoxy) is 1. The lowest BCUT2D eigenvalue weighted by atomic mass is 10.0. The summed E-state index contributed by atoms with van der Waals surface area (Å²) in [4.78, 5) is 18.8. The summed E-state index contributed by atoms with van der Waals surface area (Å²) in [6, 6.07) is 22.4. The van der Waals surface area contributed by atoms with Gasteiger partial charge in [-0.25, -0.2) is 4.79 Å². The van der Waals surface area contributed by atoms with E-state index in [-0.39, 0.29) is 12.0 Å². The number of nitrogens with zero attached hydrogens (tertiary/aromatic N) is 1. The minimum absolute atomic E-state index is 0.0230. The molecule has 4 nitrogen and oxygen atoms in total. The molecule has 2 heterocycles. The van der Waals surface area contributed by atoms with Gasteiger partial charge < -0.3 is 4.74 Å². The van der Waals surface area contributed by atoms with Gasteiger partial charge in [-0.2, -0.15) is 0 Å². The first kappa shape index (κ1) is 20.3. The number of aryl methyl sites for hydroxylation is 1. The molecule has 2 aromatic heterocycles. The number of benzene rings is 2. The molecule has 30 heavy (non-hydrogen) atoms. The molecule has 1 N–H and O–H groups in total. The zero-order chi connectivity index (χ0) is 20.9. The van der Waals surface area contributed by atoms with Crippen LogP contribution in [0.3, 0.4) is 0 Å². The monoisotopic (exact) mass is 416 g/mol. The maximum atomic E-state index is 12.8. The van der Waals surface area contributed by atoms with Gasteiger partial charge in [0.2, 0.25) is 0 Å². The number of carbonyl (C=O) groups is 1. The van der Waals surface area contributed by atoms with Crippen LogP contribution in [-0.2, 0) is 11.3 Å². The van der Waals surface area contributed by atoms with E-state index >= 15 is 0 Å². The van der Waals surface area contributed by atoms with Crippen molar-refractivity contribution in [2.75, 3.05) is 6.61 Å². The van der Waals surface area contributed by atoms with Gasteiger partial charge in [0.15, 0.2) is 0 Å². The van der Waals surface area contributed by atoms with Gasteiger partial charge in [-0.05, 0) is 42.5 Å². The molecule has 0 spiro atoms. The van der Waals surface area contributed by atoms with Crippen LogP contribution in [0.15, 0.2) is 72.1 Å². The van der Waals surface area contributed by atoms with E-state index in [9.17, 15) is 4.79 Å². The average Bonchev–Trinajstić information content (AvgIpc) is 3.29. The Morgan fingerprint density at radius 3 is 2.57 bits per heavy atom. The van der Waals surface area contributed by atoms with Crippen LogP contribution in [0.1, 0.15) is 45.0 Å². The number of hydrogen-bond donors (Lipinski definition) is 1. The highest BCUT2D eigenvalue weighted by Gasteiger charge is 2.22. The Morgan fingerprint density at radius 2 is 1.83 bits per heavy atom. The molecular weight excluding hydrogens is 392 g/mol. The van der Waals surface area contributed by atoms with E-state index in [0.717, 1.165) is 16.5 Å². The molecule has 1 atom stereocenters. The Morgan fingerprint density at radius 1 is 1.07 bits per heavy atom. The lowest BCUT2D eigenvalue weighted by molar-refractivity contribution is 0.0523. The van der Waals surface area contributed by atoms with Crippen LogP contribution in [0, 0.1) is 6.92 Å². The van der Waals surface area contributed by atoms with E-state index < -0.39 is 0 Å². The second kappa shape index (κ2) is 9.20. The molecule has 0 aliphatic rings. The van der Waals surface area contributed by atoms with Crippen LogP contribution in [0.2, 0.25) is 0 Å². The molecule has 0 fully saturated rings. The normalized spacial score (nSPS) is 12.1. The molecule has 0 amide bonds. The minimum Gasteiger partial charge on any atom is -0.462 e. The lowest BCUT2D eigenvalue weighted by Gasteiger charge is -2.20. The Bertz CT molecular complexity index is 1140. The van der Waals surface area contributed by atoms with Crippen molar-refractivity contribution in [1.82, 2.24) is 10.3 Å². The molecule has 0 radical (unpaired) electrons. The molecule has 2 aromatic carbocycles. The van der Waals surface area contributed by atoms with E-state index in [0.29, 0.717) is 24.4 Å². The second-order valence-electron chi connectivity index (χ2n) is 7.04. The Kier molecular flexibility index (Phi) is 6.21. The van der Waals surface area contributed by atoms with Crippen molar-refractivity contribution in [3.05, 3.63) is 99.4 Å². The molecule has 0 aliphatic carbocycles. The number of aromatic nitrogens is 1. The maximum absolute atomic E-state index is 12.8. The largest absolute Gasteiger partial charge is 0.462 e. The fraction of sp³-hybridized carbons (Fsp3) is 0.200. The van der Waals surface area contributed by atoms with Gasteiger partial charge in [-0.1, -0.05) is 54.6 Å². The molecule has 0 bridgehead atoms. The first-order valence-electron chi connectivity index (χ1n) is 10.1. The van der Waals surface area contributed by atoms with Gasteiger partial charge in [0.1, 0.15) is 0 Å². The molecule has 0 unspecified atom stereocenters. The summed E-state index contributed by atoms with van der Waals surface area (Å²) in [5, 5.41) is 6.68. The van der Waals surface area contributed by atoms with Gasteiger partial charge in [-0.3, -0.25) is 10.3 Å². The Labute approximate surface area is 180 Å². The van der Waals surface area contributed by atoms with Crippen LogP contribution in [0.4, 0.5) is 0 Å². The summed E-state index contributed by atoms with van der Waals surface area (Å²) in [5.74, 6) is -0.322. The number of para-hydroxylation sites is 1. The quantitative estimate of drug-likeness (QED) is 0.395. The lowest BCUT2D eigenvalue weighted by Crippen LogP contribution is -2.24. The average molecular weight is 417 g/mol. The molecule has 5 heteroatoms. The van der Waals surface area contributed by atoms with Gasteiger partial charge in [0.25, 0.3) is 0 Å². The first-order chi connectivity index (χ1) is 14.7. The summed E-state index contributed by atoms with van der Waals surface area (Å²) in [7, 11) is 0. The third-order valence-corrected chi connectivity index (χ3v) is 6.08. The maximum Gasteiger partial charge on any atom is 0.340 e. The Balaban J connectivity index is 1.73. The fourth-order valence-corrected chi connectivity index (χ4v) is 4.55. The highest BCUT2D eigenvalue weighted by atomic mass is 32.1.